The van der Waals surface area contributed by atoms with Crippen LogP contribution in [0.5, 0.6) is 0 Å². The lowest BCUT2D eigenvalue weighted by molar-refractivity contribution is -0.114. The fourth-order valence-corrected chi connectivity index (χ4v) is 5.79. The Kier molecular flexibility index (Phi) is 4.78. The fourth-order valence-electron chi connectivity index (χ4n) is 2.97. The average molecular weight is 451 g/mol. The summed E-state index contributed by atoms with van der Waals surface area (Å²) >= 11 is 4.39. The number of amides is 2. The van der Waals surface area contributed by atoms with Crippen LogP contribution < -0.4 is 10.6 Å². The van der Waals surface area contributed by atoms with E-state index in [2.05, 4.69) is 20.6 Å². The molecule has 0 aliphatic heterocycles. The number of fused-ring (bicyclic) bond motifs is 2. The van der Waals surface area contributed by atoms with Crippen LogP contribution in [0.4, 0.5) is 10.8 Å². The minimum absolute atomic E-state index is 0.131. The van der Waals surface area contributed by atoms with E-state index in [4.69, 9.17) is 0 Å². The monoisotopic (exact) mass is 450 g/mol. The molecule has 0 fully saturated rings. The lowest BCUT2D eigenvalue weighted by Gasteiger charge is -1.99. The number of para-hydroxylation sites is 1. The Morgan fingerprint density at radius 2 is 1.67 bits per heavy atom. The highest BCUT2D eigenvalue weighted by Crippen LogP contribution is 2.35. The van der Waals surface area contributed by atoms with Crippen LogP contribution in [-0.4, -0.2) is 21.8 Å². The topological polar surface area (TPSA) is 84.0 Å². The molecule has 0 spiro atoms. The van der Waals surface area contributed by atoms with E-state index in [1.165, 1.54) is 29.6 Å². The van der Waals surface area contributed by atoms with Crippen molar-refractivity contribution >= 4 is 77.1 Å². The highest BCUT2D eigenvalue weighted by molar-refractivity contribution is 7.26. The van der Waals surface area contributed by atoms with E-state index < -0.39 is 0 Å². The Morgan fingerprint density at radius 3 is 2.50 bits per heavy atom. The van der Waals surface area contributed by atoms with Gasteiger partial charge in [0.1, 0.15) is 5.01 Å². The molecular weight excluding hydrogens is 436 g/mol. The lowest BCUT2D eigenvalue weighted by atomic mass is 10.3. The molecule has 30 heavy (non-hydrogen) atoms. The van der Waals surface area contributed by atoms with Crippen molar-refractivity contribution < 1.29 is 9.59 Å². The maximum absolute atomic E-state index is 12.7. The van der Waals surface area contributed by atoms with Crippen molar-refractivity contribution in [2.75, 3.05) is 10.6 Å². The van der Waals surface area contributed by atoms with Gasteiger partial charge in [0.05, 0.1) is 30.2 Å². The van der Waals surface area contributed by atoms with Crippen LogP contribution in [0.25, 0.3) is 30.3 Å². The van der Waals surface area contributed by atoms with E-state index in [0.29, 0.717) is 15.7 Å². The van der Waals surface area contributed by atoms with Crippen LogP contribution in [0.1, 0.15) is 16.6 Å². The summed E-state index contributed by atoms with van der Waals surface area (Å²) in [6.45, 7) is 1.46. The standard InChI is InChI=1S/C21H14N4O2S3/c1-11(26)22-12-6-7-14-18(10-12)30-21(24-14)25-19(27)16-8-9-17(28-16)20-23-13-4-2-3-5-15(13)29-20/h2-10H,1H3,(H,22,26)(H,24,25,27). The molecule has 0 saturated heterocycles. The predicted molar refractivity (Wildman–Crippen MR) is 125 cm³/mol. The van der Waals surface area contributed by atoms with Crippen LogP contribution in [-0.2, 0) is 4.79 Å². The third-order valence-corrected chi connectivity index (χ3v) is 7.49. The second-order valence-corrected chi connectivity index (χ2v) is 9.63. The van der Waals surface area contributed by atoms with E-state index in [-0.39, 0.29) is 11.8 Å². The predicted octanol–water partition coefficient (Wildman–Crippen LogP) is 5.85. The molecule has 0 saturated carbocycles. The largest absolute Gasteiger partial charge is 0.326 e. The van der Waals surface area contributed by atoms with Crippen LogP contribution in [0, 0.1) is 0 Å². The number of thiazole rings is 2. The first-order valence-electron chi connectivity index (χ1n) is 9.00. The molecule has 5 rings (SSSR count). The van der Waals surface area contributed by atoms with Crippen LogP contribution >= 0.6 is 34.0 Å². The number of hydrogen-bond acceptors (Lipinski definition) is 7. The van der Waals surface area contributed by atoms with Crippen molar-refractivity contribution in [2.24, 2.45) is 0 Å². The van der Waals surface area contributed by atoms with E-state index >= 15 is 0 Å². The molecule has 2 N–H and O–H groups in total. The van der Waals surface area contributed by atoms with Crippen molar-refractivity contribution in [2.45, 2.75) is 6.92 Å². The summed E-state index contributed by atoms with van der Waals surface area (Å²) in [7, 11) is 0. The molecule has 6 nitrogen and oxygen atoms in total. The van der Waals surface area contributed by atoms with Gasteiger partial charge in [-0.2, -0.15) is 0 Å². The molecule has 0 aliphatic carbocycles. The van der Waals surface area contributed by atoms with Crippen molar-refractivity contribution in [3.05, 3.63) is 59.5 Å². The van der Waals surface area contributed by atoms with Gasteiger partial charge in [0.15, 0.2) is 5.13 Å². The molecule has 0 aliphatic rings. The van der Waals surface area contributed by atoms with Gasteiger partial charge in [-0.15, -0.1) is 22.7 Å². The maximum atomic E-state index is 12.7. The highest BCUT2D eigenvalue weighted by atomic mass is 32.1. The SMILES string of the molecule is CC(=O)Nc1ccc2nc(NC(=O)c3ccc(-c4nc5ccccc5s4)s3)sc2c1. The van der Waals surface area contributed by atoms with Gasteiger partial charge in [-0.1, -0.05) is 23.5 Å². The van der Waals surface area contributed by atoms with E-state index in [1.54, 1.807) is 17.4 Å². The van der Waals surface area contributed by atoms with Gasteiger partial charge in [-0.25, -0.2) is 9.97 Å². The number of benzene rings is 2. The Bertz CT molecular complexity index is 1380. The van der Waals surface area contributed by atoms with Crippen molar-refractivity contribution in [3.63, 3.8) is 0 Å². The van der Waals surface area contributed by atoms with Crippen molar-refractivity contribution in [1.82, 2.24) is 9.97 Å². The van der Waals surface area contributed by atoms with Gasteiger partial charge >= 0.3 is 0 Å². The Labute approximate surface area is 183 Å². The molecular formula is C21H14N4O2S3. The van der Waals surface area contributed by atoms with Crippen molar-refractivity contribution in [3.8, 4) is 9.88 Å². The summed E-state index contributed by atoms with van der Waals surface area (Å²) in [6, 6.07) is 17.2. The minimum atomic E-state index is -0.200. The zero-order valence-electron chi connectivity index (χ0n) is 15.6. The van der Waals surface area contributed by atoms with Crippen LogP contribution in [0.15, 0.2) is 54.6 Å². The molecule has 0 bridgehead atoms. The number of carbonyl (C=O) groups is 2. The summed E-state index contributed by atoms with van der Waals surface area (Å²) in [5.41, 5.74) is 2.44. The number of hydrogen-bond donors (Lipinski definition) is 2. The maximum Gasteiger partial charge on any atom is 0.267 e. The first-order chi connectivity index (χ1) is 14.5. The third kappa shape index (κ3) is 3.70. The molecule has 2 aromatic carbocycles. The molecule has 0 unspecified atom stereocenters. The van der Waals surface area contributed by atoms with E-state index in [9.17, 15) is 9.59 Å². The summed E-state index contributed by atoms with van der Waals surface area (Å²) in [4.78, 5) is 34.6. The molecule has 0 radical (unpaired) electrons. The van der Waals surface area contributed by atoms with E-state index in [0.717, 1.165) is 30.3 Å². The molecule has 148 valence electrons. The smallest absolute Gasteiger partial charge is 0.267 e. The molecule has 2 amide bonds. The van der Waals surface area contributed by atoms with Gasteiger partial charge < -0.3 is 5.32 Å². The number of rotatable bonds is 4. The molecule has 5 aromatic rings. The highest BCUT2D eigenvalue weighted by Gasteiger charge is 2.15. The van der Waals surface area contributed by atoms with Gasteiger partial charge in [0, 0.05) is 12.6 Å². The Morgan fingerprint density at radius 1 is 0.833 bits per heavy atom. The van der Waals surface area contributed by atoms with Gasteiger partial charge in [-0.3, -0.25) is 14.9 Å². The summed E-state index contributed by atoms with van der Waals surface area (Å²) in [6.07, 6.45) is 0. The average Bonchev–Trinajstić information content (AvgIpc) is 3.44. The van der Waals surface area contributed by atoms with Crippen molar-refractivity contribution in [1.29, 1.82) is 0 Å². The van der Waals surface area contributed by atoms with Gasteiger partial charge in [0.2, 0.25) is 5.91 Å². The van der Waals surface area contributed by atoms with Crippen LogP contribution in [0.2, 0.25) is 0 Å². The number of carbonyl (C=O) groups excluding carboxylic acids is 2. The third-order valence-electron chi connectivity index (χ3n) is 4.26. The van der Waals surface area contributed by atoms with Crippen LogP contribution in [0.3, 0.4) is 0 Å². The second-order valence-electron chi connectivity index (χ2n) is 6.49. The zero-order chi connectivity index (χ0) is 20.7. The normalized spacial score (nSPS) is 11.1. The minimum Gasteiger partial charge on any atom is -0.326 e. The van der Waals surface area contributed by atoms with Gasteiger partial charge in [-0.05, 0) is 42.5 Å². The summed E-state index contributed by atoms with van der Waals surface area (Å²) in [5, 5.41) is 7.05. The number of nitrogens with zero attached hydrogens (tertiary/aromatic N) is 2. The first-order valence-corrected chi connectivity index (χ1v) is 11.5. The molecule has 3 heterocycles. The summed E-state index contributed by atoms with van der Waals surface area (Å²) < 4.78 is 2.01. The number of thiophene rings is 1. The second kappa shape index (κ2) is 7.60. The Hall–Kier alpha value is -3.14. The summed E-state index contributed by atoms with van der Waals surface area (Å²) in [5.74, 6) is -0.331. The molecule has 3 aromatic heterocycles. The van der Waals surface area contributed by atoms with Gasteiger partial charge in [0.25, 0.3) is 5.91 Å². The zero-order valence-corrected chi connectivity index (χ0v) is 18.1. The fraction of sp³-hybridized carbons (Fsp3) is 0.0476. The first kappa shape index (κ1) is 18.9. The number of aromatic nitrogens is 2. The lowest BCUT2D eigenvalue weighted by Crippen LogP contribution is -2.09. The molecule has 9 heteroatoms. The Balaban J connectivity index is 1.36. The number of nitrogens with one attached hydrogen (secondary N) is 2. The molecule has 0 atom stereocenters. The van der Waals surface area contributed by atoms with E-state index in [1.807, 2.05) is 48.5 Å². The number of anilines is 2. The quantitative estimate of drug-likeness (QED) is 0.360.